The number of nitrogens with one attached hydrogen (secondary N) is 1. The topological polar surface area (TPSA) is 78.4 Å². The molecule has 0 bridgehead atoms. The minimum Gasteiger partial charge on any atom is -0.342 e. The summed E-state index contributed by atoms with van der Waals surface area (Å²) in [5, 5.41) is 2.89. The lowest BCUT2D eigenvalue weighted by molar-refractivity contribution is -0.130. The van der Waals surface area contributed by atoms with Crippen LogP contribution in [0.25, 0.3) is 0 Å². The van der Waals surface area contributed by atoms with E-state index in [-0.39, 0.29) is 22.8 Å². The first-order valence-corrected chi connectivity index (χ1v) is 12.2. The first-order valence-electron chi connectivity index (χ1n) is 12.2. The van der Waals surface area contributed by atoms with Crippen LogP contribution in [0.15, 0.2) is 49.1 Å². The molecule has 4 rings (SSSR count). The molecule has 0 radical (unpaired) electrons. The van der Waals surface area contributed by atoms with Crippen LogP contribution in [0.3, 0.4) is 0 Å². The van der Waals surface area contributed by atoms with Crippen molar-refractivity contribution in [2.24, 2.45) is 10.8 Å². The minimum atomic E-state index is -0.605. The average molecular weight is 464 g/mol. The average Bonchev–Trinajstić information content (AvgIpc) is 3.14. The first-order chi connectivity index (χ1) is 16.2. The maximum absolute atomic E-state index is 13.0. The van der Waals surface area contributed by atoms with Gasteiger partial charge in [-0.3, -0.25) is 14.5 Å². The van der Waals surface area contributed by atoms with Crippen molar-refractivity contribution in [2.75, 3.05) is 32.5 Å². The molecule has 2 heterocycles. The number of hydrogen-bond acceptors (Lipinski definition) is 5. The van der Waals surface area contributed by atoms with Gasteiger partial charge in [-0.2, -0.15) is 0 Å². The van der Waals surface area contributed by atoms with E-state index in [1.54, 1.807) is 12.4 Å². The summed E-state index contributed by atoms with van der Waals surface area (Å²) in [6.07, 6.45) is 10.0. The zero-order valence-corrected chi connectivity index (χ0v) is 20.9. The van der Waals surface area contributed by atoms with Crippen molar-refractivity contribution in [3.05, 3.63) is 54.6 Å². The highest BCUT2D eigenvalue weighted by atomic mass is 16.2. The molecule has 1 spiro atoms. The van der Waals surface area contributed by atoms with Crippen LogP contribution in [-0.4, -0.2) is 58.8 Å². The third-order valence-electron chi connectivity index (χ3n) is 8.15. The van der Waals surface area contributed by atoms with Crippen LogP contribution in [0.4, 0.5) is 5.69 Å². The van der Waals surface area contributed by atoms with E-state index in [0.29, 0.717) is 25.1 Å². The predicted octanol–water partition coefficient (Wildman–Crippen LogP) is 4.08. The molecule has 1 N–H and O–H groups in total. The molecular weight excluding hydrogens is 426 g/mol. The van der Waals surface area contributed by atoms with Gasteiger partial charge in [0.1, 0.15) is 6.33 Å². The number of likely N-dealkylation sites (tertiary alicyclic amines) is 1. The fourth-order valence-corrected chi connectivity index (χ4v) is 5.65. The Morgan fingerprint density at radius 3 is 2.35 bits per heavy atom. The number of benzene rings is 1. The van der Waals surface area contributed by atoms with Crippen LogP contribution in [0.5, 0.6) is 0 Å². The van der Waals surface area contributed by atoms with Crippen molar-refractivity contribution in [3.8, 4) is 0 Å². The molecule has 7 nitrogen and oxygen atoms in total. The van der Waals surface area contributed by atoms with E-state index >= 15 is 0 Å². The normalized spacial score (nSPS) is 25.2. The van der Waals surface area contributed by atoms with Gasteiger partial charge < -0.3 is 10.2 Å². The number of anilines is 1. The summed E-state index contributed by atoms with van der Waals surface area (Å²) in [7, 11) is 4.34. The molecule has 0 atom stereocenters. The van der Waals surface area contributed by atoms with E-state index in [0.717, 1.165) is 32.2 Å². The van der Waals surface area contributed by atoms with Gasteiger partial charge in [-0.15, -0.1) is 0 Å². The SMILES string of the molecule is CN(C)[C@]1(c2ccccc2)CC[C@]2(CC1)CC(=O)N(CCC(C)(C)C(=O)Nc1cncnc1)C2. The zero-order chi connectivity index (χ0) is 24.4. The standard InChI is InChI=1S/C27H37N5O2/c1-25(2,24(34)30-22-17-28-20-29-18-22)14-15-32-19-26(16-23(32)33)10-12-27(13-11-26,31(3)4)21-8-6-5-7-9-21/h5-9,17-18,20H,10-16,19H2,1-4H3,(H,30,34)/t26-,27+. The molecule has 7 heteroatoms. The van der Waals surface area contributed by atoms with Gasteiger partial charge in [0.25, 0.3) is 0 Å². The molecule has 1 aromatic heterocycles. The Bertz CT molecular complexity index is 998. The van der Waals surface area contributed by atoms with Crippen LogP contribution >= 0.6 is 0 Å². The summed E-state index contributed by atoms with van der Waals surface area (Å²) in [4.78, 5) is 38.0. The molecule has 2 aromatic rings. The first kappa shape index (κ1) is 24.3. The van der Waals surface area contributed by atoms with Crippen molar-refractivity contribution in [1.82, 2.24) is 19.8 Å². The van der Waals surface area contributed by atoms with Crippen LogP contribution in [0.2, 0.25) is 0 Å². The van der Waals surface area contributed by atoms with Gasteiger partial charge in [0.15, 0.2) is 0 Å². The molecule has 2 aliphatic rings. The van der Waals surface area contributed by atoms with Crippen molar-refractivity contribution >= 4 is 17.5 Å². The van der Waals surface area contributed by atoms with E-state index in [4.69, 9.17) is 0 Å². The molecule has 34 heavy (non-hydrogen) atoms. The lowest BCUT2D eigenvalue weighted by Gasteiger charge is -2.49. The summed E-state index contributed by atoms with van der Waals surface area (Å²) in [5.41, 5.74) is 1.43. The van der Waals surface area contributed by atoms with Gasteiger partial charge in [0, 0.05) is 30.5 Å². The number of amides is 2. The van der Waals surface area contributed by atoms with E-state index in [2.05, 4.69) is 64.6 Å². The maximum atomic E-state index is 13.0. The smallest absolute Gasteiger partial charge is 0.230 e. The lowest BCUT2D eigenvalue weighted by Crippen LogP contribution is -2.47. The molecule has 2 amide bonds. The Hall–Kier alpha value is -2.80. The van der Waals surface area contributed by atoms with Gasteiger partial charge in [-0.25, -0.2) is 9.97 Å². The van der Waals surface area contributed by atoms with Crippen molar-refractivity contribution < 1.29 is 9.59 Å². The monoisotopic (exact) mass is 463 g/mol. The lowest BCUT2D eigenvalue weighted by atomic mass is 9.64. The molecule has 0 unspecified atom stereocenters. The summed E-state index contributed by atoms with van der Waals surface area (Å²) in [6, 6.07) is 10.8. The second-order valence-corrected chi connectivity index (χ2v) is 11.0. The highest BCUT2D eigenvalue weighted by molar-refractivity contribution is 5.94. The summed E-state index contributed by atoms with van der Waals surface area (Å²) < 4.78 is 0. The Balaban J connectivity index is 1.36. The second kappa shape index (κ2) is 9.45. The zero-order valence-electron chi connectivity index (χ0n) is 20.9. The Morgan fingerprint density at radius 2 is 1.74 bits per heavy atom. The van der Waals surface area contributed by atoms with E-state index in [1.165, 1.54) is 11.9 Å². The molecule has 1 saturated carbocycles. The van der Waals surface area contributed by atoms with Gasteiger partial charge in [-0.05, 0) is 57.2 Å². The Kier molecular flexibility index (Phi) is 6.76. The van der Waals surface area contributed by atoms with Crippen molar-refractivity contribution in [2.45, 2.75) is 57.9 Å². The fraction of sp³-hybridized carbons (Fsp3) is 0.556. The molecule has 1 saturated heterocycles. The third-order valence-corrected chi connectivity index (χ3v) is 8.15. The molecule has 1 aliphatic carbocycles. The van der Waals surface area contributed by atoms with Crippen LogP contribution in [-0.2, 0) is 15.1 Å². The molecule has 1 aliphatic heterocycles. The molecule has 182 valence electrons. The van der Waals surface area contributed by atoms with Gasteiger partial charge in [0.2, 0.25) is 11.8 Å². The van der Waals surface area contributed by atoms with E-state index in [1.807, 2.05) is 18.7 Å². The van der Waals surface area contributed by atoms with Crippen molar-refractivity contribution in [1.29, 1.82) is 0 Å². The third kappa shape index (κ3) is 4.85. The van der Waals surface area contributed by atoms with Gasteiger partial charge >= 0.3 is 0 Å². The number of rotatable bonds is 7. The molecule has 2 fully saturated rings. The molecular formula is C27H37N5O2. The van der Waals surface area contributed by atoms with E-state index < -0.39 is 5.41 Å². The minimum absolute atomic E-state index is 0.0320. The second-order valence-electron chi connectivity index (χ2n) is 11.0. The van der Waals surface area contributed by atoms with Crippen LogP contribution in [0, 0.1) is 10.8 Å². The summed E-state index contributed by atoms with van der Waals surface area (Å²) >= 11 is 0. The van der Waals surface area contributed by atoms with Gasteiger partial charge in [-0.1, -0.05) is 44.2 Å². The number of carbonyl (C=O) groups is 2. The van der Waals surface area contributed by atoms with Gasteiger partial charge in [0.05, 0.1) is 18.1 Å². The van der Waals surface area contributed by atoms with Crippen LogP contribution in [0.1, 0.15) is 57.9 Å². The largest absolute Gasteiger partial charge is 0.342 e. The van der Waals surface area contributed by atoms with E-state index in [9.17, 15) is 9.59 Å². The number of hydrogen-bond donors (Lipinski definition) is 1. The summed E-state index contributed by atoms with van der Waals surface area (Å²) in [5.74, 6) is 0.143. The quantitative estimate of drug-likeness (QED) is 0.669. The molecule has 1 aromatic carbocycles. The highest BCUT2D eigenvalue weighted by Gasteiger charge is 2.50. The Morgan fingerprint density at radius 1 is 1.09 bits per heavy atom. The number of aromatic nitrogens is 2. The summed E-state index contributed by atoms with van der Waals surface area (Å²) in [6.45, 7) is 5.25. The number of nitrogens with zero attached hydrogens (tertiary/aromatic N) is 4. The Labute approximate surface area is 203 Å². The highest BCUT2D eigenvalue weighted by Crippen LogP contribution is 2.52. The number of carbonyl (C=O) groups excluding carboxylic acids is 2. The fourth-order valence-electron chi connectivity index (χ4n) is 5.65. The van der Waals surface area contributed by atoms with Crippen molar-refractivity contribution in [3.63, 3.8) is 0 Å². The van der Waals surface area contributed by atoms with Crippen LogP contribution < -0.4 is 5.32 Å². The maximum Gasteiger partial charge on any atom is 0.230 e. The predicted molar refractivity (Wildman–Crippen MR) is 133 cm³/mol.